The Balaban J connectivity index is 1.49. The van der Waals surface area contributed by atoms with Crippen LogP contribution in [0.5, 0.6) is 0 Å². The van der Waals surface area contributed by atoms with E-state index in [1.54, 1.807) is 0 Å². The highest BCUT2D eigenvalue weighted by atomic mass is 15.2. The Morgan fingerprint density at radius 1 is 1.42 bits per heavy atom. The lowest BCUT2D eigenvalue weighted by Crippen LogP contribution is -2.40. The van der Waals surface area contributed by atoms with E-state index in [2.05, 4.69) is 21.5 Å². The lowest BCUT2D eigenvalue weighted by molar-refractivity contribution is 0.202. The molecule has 19 heavy (non-hydrogen) atoms. The largest absolute Gasteiger partial charge is 0.316 e. The van der Waals surface area contributed by atoms with E-state index in [0.717, 1.165) is 18.4 Å². The van der Waals surface area contributed by atoms with Gasteiger partial charge in [0.25, 0.3) is 0 Å². The number of nitrogens with one attached hydrogen (secondary N) is 1. The molecule has 2 aliphatic rings. The number of hydrogen-bond acceptors (Lipinski definition) is 3. The van der Waals surface area contributed by atoms with Gasteiger partial charge >= 0.3 is 0 Å². The van der Waals surface area contributed by atoms with Gasteiger partial charge in [0.05, 0.1) is 6.20 Å². The SMILES string of the molecule is Cn1cc(CCN(CC2CCCNC2)C2CC2)cn1. The summed E-state index contributed by atoms with van der Waals surface area (Å²) in [7, 11) is 2.00. The molecule has 2 fully saturated rings. The van der Waals surface area contributed by atoms with Gasteiger partial charge in [-0.25, -0.2) is 0 Å². The average Bonchev–Trinajstić information content (AvgIpc) is 3.19. The number of hydrogen-bond donors (Lipinski definition) is 1. The van der Waals surface area contributed by atoms with Crippen molar-refractivity contribution in [2.75, 3.05) is 26.2 Å². The number of nitrogens with zero attached hydrogens (tertiary/aromatic N) is 3. The van der Waals surface area contributed by atoms with E-state index in [-0.39, 0.29) is 0 Å². The van der Waals surface area contributed by atoms with Crippen LogP contribution in [0.3, 0.4) is 0 Å². The normalized spacial score (nSPS) is 24.0. The smallest absolute Gasteiger partial charge is 0.0522 e. The molecule has 106 valence electrons. The molecule has 1 aliphatic heterocycles. The molecule has 0 spiro atoms. The van der Waals surface area contributed by atoms with Crippen LogP contribution in [0, 0.1) is 5.92 Å². The van der Waals surface area contributed by atoms with Crippen LogP contribution in [0.2, 0.25) is 0 Å². The zero-order chi connectivity index (χ0) is 13.1. The highest BCUT2D eigenvalue weighted by Crippen LogP contribution is 2.28. The second kappa shape index (κ2) is 6.06. The minimum Gasteiger partial charge on any atom is -0.316 e. The molecule has 0 bridgehead atoms. The molecule has 1 aliphatic carbocycles. The van der Waals surface area contributed by atoms with Crippen LogP contribution in [-0.4, -0.2) is 46.9 Å². The Morgan fingerprint density at radius 3 is 2.95 bits per heavy atom. The van der Waals surface area contributed by atoms with Gasteiger partial charge in [0.1, 0.15) is 0 Å². The van der Waals surface area contributed by atoms with E-state index in [9.17, 15) is 0 Å². The third-order valence-corrected chi connectivity index (χ3v) is 4.40. The van der Waals surface area contributed by atoms with Gasteiger partial charge in [-0.15, -0.1) is 0 Å². The molecule has 1 saturated heterocycles. The van der Waals surface area contributed by atoms with Crippen LogP contribution < -0.4 is 5.32 Å². The minimum atomic E-state index is 0.864. The minimum absolute atomic E-state index is 0.864. The monoisotopic (exact) mass is 262 g/mol. The molecule has 1 aromatic heterocycles. The summed E-state index contributed by atoms with van der Waals surface area (Å²) in [6.07, 6.45) is 10.9. The number of aromatic nitrogens is 2. The Labute approximate surface area is 116 Å². The van der Waals surface area contributed by atoms with Crippen molar-refractivity contribution < 1.29 is 0 Å². The molecular weight excluding hydrogens is 236 g/mol. The Bertz CT molecular complexity index is 391. The molecule has 2 heterocycles. The number of aryl methyl sites for hydroxylation is 1. The third kappa shape index (κ3) is 3.80. The van der Waals surface area contributed by atoms with E-state index in [1.807, 2.05) is 17.9 Å². The van der Waals surface area contributed by atoms with E-state index in [1.165, 1.54) is 57.4 Å². The molecule has 4 heteroatoms. The van der Waals surface area contributed by atoms with E-state index >= 15 is 0 Å². The topological polar surface area (TPSA) is 33.1 Å². The molecule has 3 rings (SSSR count). The van der Waals surface area contributed by atoms with E-state index < -0.39 is 0 Å². The van der Waals surface area contributed by atoms with Gasteiger partial charge in [0.2, 0.25) is 0 Å². The van der Waals surface area contributed by atoms with Crippen LogP contribution in [0.15, 0.2) is 12.4 Å². The van der Waals surface area contributed by atoms with Crippen LogP contribution in [0.4, 0.5) is 0 Å². The summed E-state index contributed by atoms with van der Waals surface area (Å²) in [4.78, 5) is 2.73. The van der Waals surface area contributed by atoms with Crippen molar-refractivity contribution in [3.63, 3.8) is 0 Å². The fourth-order valence-electron chi connectivity index (χ4n) is 3.15. The molecular formula is C15H26N4. The maximum absolute atomic E-state index is 4.26. The zero-order valence-electron chi connectivity index (χ0n) is 12.0. The molecule has 1 atom stereocenters. The summed E-state index contributed by atoms with van der Waals surface area (Å²) < 4.78 is 1.90. The van der Waals surface area contributed by atoms with Gasteiger partial charge < -0.3 is 5.32 Å². The van der Waals surface area contributed by atoms with Crippen molar-refractivity contribution in [3.05, 3.63) is 18.0 Å². The standard InChI is InChI=1S/C15H26N4/c1-18-11-14(10-17-18)6-8-19(15-4-5-15)12-13-3-2-7-16-9-13/h10-11,13,15-16H,2-9,12H2,1H3. The molecule has 1 saturated carbocycles. The molecule has 0 amide bonds. The van der Waals surface area contributed by atoms with Gasteiger partial charge in [-0.3, -0.25) is 9.58 Å². The Kier molecular flexibility index (Phi) is 4.18. The van der Waals surface area contributed by atoms with Gasteiger partial charge in [-0.1, -0.05) is 0 Å². The molecule has 1 unspecified atom stereocenters. The first kappa shape index (κ1) is 13.1. The second-order valence-corrected chi connectivity index (χ2v) is 6.21. The first-order chi connectivity index (χ1) is 9.31. The van der Waals surface area contributed by atoms with Gasteiger partial charge in [0.15, 0.2) is 0 Å². The maximum atomic E-state index is 4.26. The molecule has 4 nitrogen and oxygen atoms in total. The summed E-state index contributed by atoms with van der Waals surface area (Å²) in [6.45, 7) is 4.93. The molecule has 1 N–H and O–H groups in total. The summed E-state index contributed by atoms with van der Waals surface area (Å²) in [6, 6.07) is 0.874. The van der Waals surface area contributed by atoms with Crippen molar-refractivity contribution in [3.8, 4) is 0 Å². The first-order valence-electron chi connectivity index (χ1n) is 7.73. The predicted octanol–water partition coefficient (Wildman–Crippen LogP) is 1.43. The summed E-state index contributed by atoms with van der Waals surface area (Å²) in [5.41, 5.74) is 1.37. The van der Waals surface area contributed by atoms with Crippen LogP contribution in [-0.2, 0) is 13.5 Å². The lowest BCUT2D eigenvalue weighted by atomic mass is 9.99. The Morgan fingerprint density at radius 2 is 2.32 bits per heavy atom. The number of rotatable bonds is 6. The summed E-state index contributed by atoms with van der Waals surface area (Å²) in [5, 5.41) is 7.80. The van der Waals surface area contributed by atoms with Crippen LogP contribution >= 0.6 is 0 Å². The molecule has 1 aromatic rings. The van der Waals surface area contributed by atoms with Gasteiger partial charge in [-0.05, 0) is 56.7 Å². The van der Waals surface area contributed by atoms with Crippen molar-refractivity contribution >= 4 is 0 Å². The highest BCUT2D eigenvalue weighted by Gasteiger charge is 2.30. The Hall–Kier alpha value is -0.870. The maximum Gasteiger partial charge on any atom is 0.0522 e. The number of piperidine rings is 1. The molecule has 0 aromatic carbocycles. The summed E-state index contributed by atoms with van der Waals surface area (Å²) in [5.74, 6) is 0.864. The van der Waals surface area contributed by atoms with Gasteiger partial charge in [-0.2, -0.15) is 5.10 Å². The zero-order valence-corrected chi connectivity index (χ0v) is 12.0. The van der Waals surface area contributed by atoms with Crippen LogP contribution in [0.1, 0.15) is 31.2 Å². The lowest BCUT2D eigenvalue weighted by Gasteiger charge is -2.30. The quantitative estimate of drug-likeness (QED) is 0.842. The predicted molar refractivity (Wildman–Crippen MR) is 77.1 cm³/mol. The second-order valence-electron chi connectivity index (χ2n) is 6.21. The average molecular weight is 262 g/mol. The van der Waals surface area contributed by atoms with Crippen LogP contribution in [0.25, 0.3) is 0 Å². The van der Waals surface area contributed by atoms with Crippen molar-refractivity contribution in [1.29, 1.82) is 0 Å². The van der Waals surface area contributed by atoms with E-state index in [0.29, 0.717) is 0 Å². The van der Waals surface area contributed by atoms with Gasteiger partial charge in [0, 0.05) is 32.4 Å². The van der Waals surface area contributed by atoms with Crippen molar-refractivity contribution in [1.82, 2.24) is 20.0 Å². The van der Waals surface area contributed by atoms with E-state index in [4.69, 9.17) is 0 Å². The third-order valence-electron chi connectivity index (χ3n) is 4.40. The van der Waals surface area contributed by atoms with Crippen molar-refractivity contribution in [2.45, 2.75) is 38.1 Å². The van der Waals surface area contributed by atoms with Crippen molar-refractivity contribution in [2.24, 2.45) is 13.0 Å². The first-order valence-corrected chi connectivity index (χ1v) is 7.73. The fraction of sp³-hybridized carbons (Fsp3) is 0.800. The summed E-state index contributed by atoms with van der Waals surface area (Å²) >= 11 is 0. The molecule has 0 radical (unpaired) electrons. The fourth-order valence-corrected chi connectivity index (χ4v) is 3.15. The highest BCUT2D eigenvalue weighted by molar-refractivity contribution is 5.04.